The second-order valence-corrected chi connectivity index (χ2v) is 7.96. The summed E-state index contributed by atoms with van der Waals surface area (Å²) in [4.78, 5) is 39.5. The smallest absolute Gasteiger partial charge is 0.325 e. The highest BCUT2D eigenvalue weighted by Gasteiger charge is 2.26. The molecule has 0 fully saturated rings. The number of ether oxygens (including phenoxy) is 1. The quantitative estimate of drug-likeness (QED) is 0.324. The van der Waals surface area contributed by atoms with Gasteiger partial charge in [0.2, 0.25) is 0 Å². The van der Waals surface area contributed by atoms with Gasteiger partial charge in [0.15, 0.2) is 0 Å². The van der Waals surface area contributed by atoms with E-state index in [2.05, 4.69) is 17.2 Å². The summed E-state index contributed by atoms with van der Waals surface area (Å²) >= 11 is 0. The van der Waals surface area contributed by atoms with Crippen LogP contribution in [0.3, 0.4) is 0 Å². The topological polar surface area (TPSA) is 87.7 Å². The first kappa shape index (κ1) is 26.9. The summed E-state index contributed by atoms with van der Waals surface area (Å²) < 4.78 is 19.7. The number of methoxy groups -OCH3 is 1. The summed E-state index contributed by atoms with van der Waals surface area (Å²) in [5.41, 5.74) is 2.60. The second-order valence-electron chi connectivity index (χ2n) is 7.96. The average Bonchev–Trinajstić information content (AvgIpc) is 2.93. The van der Waals surface area contributed by atoms with E-state index < -0.39 is 30.1 Å². The van der Waals surface area contributed by atoms with Crippen LogP contribution in [0.25, 0.3) is 16.8 Å². The molecule has 0 saturated heterocycles. The highest BCUT2D eigenvalue weighted by atomic mass is 19.1. The summed E-state index contributed by atoms with van der Waals surface area (Å²) in [7, 11) is 2.98. The maximum atomic E-state index is 15.0. The molecule has 7 nitrogen and oxygen atoms in total. The Bertz CT molecular complexity index is 1350. The van der Waals surface area contributed by atoms with E-state index in [1.165, 1.54) is 25.3 Å². The van der Waals surface area contributed by atoms with Crippen molar-refractivity contribution in [2.24, 2.45) is 0 Å². The number of halogens is 1. The number of amides is 2. The molecule has 8 heteroatoms. The van der Waals surface area contributed by atoms with Crippen LogP contribution in [-0.2, 0) is 14.3 Å². The van der Waals surface area contributed by atoms with Crippen LogP contribution in [0.4, 0.5) is 10.1 Å². The van der Waals surface area contributed by atoms with Crippen LogP contribution in [0.5, 0.6) is 0 Å². The summed E-state index contributed by atoms with van der Waals surface area (Å²) in [5.74, 6) is -2.60. The molecule has 0 bridgehead atoms. The highest BCUT2D eigenvalue weighted by Crippen LogP contribution is 2.26. The molecule has 37 heavy (non-hydrogen) atoms. The molecule has 2 N–H and O–H groups in total. The maximum Gasteiger partial charge on any atom is 0.325 e. The Morgan fingerprint density at radius 3 is 2.35 bits per heavy atom. The molecule has 0 aromatic heterocycles. The van der Waals surface area contributed by atoms with E-state index in [4.69, 9.17) is 4.74 Å². The van der Waals surface area contributed by atoms with Crippen LogP contribution in [0.15, 0.2) is 91.1 Å². The molecule has 0 unspecified atom stereocenters. The third-order valence-corrected chi connectivity index (χ3v) is 5.65. The van der Waals surface area contributed by atoms with Gasteiger partial charge in [-0.1, -0.05) is 61.2 Å². The molecule has 190 valence electrons. The Morgan fingerprint density at radius 2 is 1.73 bits per heavy atom. The zero-order chi connectivity index (χ0) is 26.9. The fourth-order valence-corrected chi connectivity index (χ4v) is 3.59. The van der Waals surface area contributed by atoms with Crippen molar-refractivity contribution < 1.29 is 23.5 Å². The lowest BCUT2D eigenvalue weighted by Crippen LogP contribution is -2.40. The number of carbonyl (C=O) groups is 3. The standard InChI is InChI=1S/C29H28FN3O4/c1-5-26(29(36)33(18-27(34)37-4)19(2)20-10-7-6-8-11-20)32-28(35)22-14-15-24(25(30)17-22)21-12-9-13-23(16-21)31-3/h5-17,31H,2,18H2,1,3-4H3,(H,32,35)/b26-5+. The molecule has 0 saturated carbocycles. The lowest BCUT2D eigenvalue weighted by atomic mass is 10.0. The molecule has 2 amide bonds. The third-order valence-electron chi connectivity index (χ3n) is 5.65. The van der Waals surface area contributed by atoms with E-state index in [0.717, 1.165) is 16.7 Å². The molecule has 0 aliphatic rings. The molecule has 0 radical (unpaired) electrons. The molecule has 3 rings (SSSR count). The predicted molar refractivity (Wildman–Crippen MR) is 142 cm³/mol. The Kier molecular flexibility index (Phi) is 8.94. The highest BCUT2D eigenvalue weighted by molar-refractivity contribution is 6.06. The van der Waals surface area contributed by atoms with Gasteiger partial charge in [-0.25, -0.2) is 4.39 Å². The van der Waals surface area contributed by atoms with Gasteiger partial charge in [-0.3, -0.25) is 19.3 Å². The van der Waals surface area contributed by atoms with E-state index >= 15 is 0 Å². The average molecular weight is 502 g/mol. The van der Waals surface area contributed by atoms with Gasteiger partial charge in [-0.15, -0.1) is 0 Å². The lowest BCUT2D eigenvalue weighted by Gasteiger charge is -2.25. The zero-order valence-electron chi connectivity index (χ0n) is 20.9. The van der Waals surface area contributed by atoms with Gasteiger partial charge >= 0.3 is 5.97 Å². The minimum absolute atomic E-state index is 0.0274. The van der Waals surface area contributed by atoms with Crippen LogP contribution in [0, 0.1) is 5.82 Å². The van der Waals surface area contributed by atoms with E-state index in [9.17, 15) is 18.8 Å². The van der Waals surface area contributed by atoms with Gasteiger partial charge < -0.3 is 15.4 Å². The lowest BCUT2D eigenvalue weighted by molar-refractivity contribution is -0.144. The van der Waals surface area contributed by atoms with Gasteiger partial charge in [-0.2, -0.15) is 0 Å². The van der Waals surface area contributed by atoms with Crippen molar-refractivity contribution in [3.8, 4) is 11.1 Å². The second kappa shape index (κ2) is 12.3. The number of rotatable bonds is 9. The van der Waals surface area contributed by atoms with Crippen molar-refractivity contribution in [3.05, 3.63) is 108 Å². The Balaban J connectivity index is 1.83. The van der Waals surface area contributed by atoms with Gasteiger partial charge in [0.1, 0.15) is 18.1 Å². The molecule has 3 aromatic carbocycles. The number of hydrogen-bond donors (Lipinski definition) is 2. The van der Waals surface area contributed by atoms with Gasteiger partial charge in [0.25, 0.3) is 11.8 Å². The van der Waals surface area contributed by atoms with Crippen molar-refractivity contribution in [1.82, 2.24) is 10.2 Å². The number of benzene rings is 3. The fourth-order valence-electron chi connectivity index (χ4n) is 3.59. The molecule has 0 aliphatic carbocycles. The summed E-state index contributed by atoms with van der Waals surface area (Å²) in [6.45, 7) is 5.11. The summed E-state index contributed by atoms with van der Waals surface area (Å²) in [6.07, 6.45) is 1.40. The van der Waals surface area contributed by atoms with Gasteiger partial charge in [0, 0.05) is 29.6 Å². The first-order chi connectivity index (χ1) is 17.8. The molecule has 3 aromatic rings. The number of nitrogens with one attached hydrogen (secondary N) is 2. The Hall–Kier alpha value is -4.72. The number of carbonyl (C=O) groups excluding carboxylic acids is 3. The summed E-state index contributed by atoms with van der Waals surface area (Å²) in [6, 6.07) is 20.2. The van der Waals surface area contributed by atoms with Gasteiger partial charge in [0.05, 0.1) is 7.11 Å². The zero-order valence-corrected chi connectivity index (χ0v) is 20.9. The molecule has 0 heterocycles. The predicted octanol–water partition coefficient (Wildman–Crippen LogP) is 4.84. The molecule has 0 aliphatic heterocycles. The van der Waals surface area contributed by atoms with Crippen molar-refractivity contribution in [2.75, 3.05) is 26.0 Å². The normalized spacial score (nSPS) is 10.9. The van der Waals surface area contributed by atoms with Crippen molar-refractivity contribution >= 4 is 29.2 Å². The largest absolute Gasteiger partial charge is 0.468 e. The number of esters is 1. The fraction of sp³-hybridized carbons (Fsp3) is 0.138. The van der Waals surface area contributed by atoms with Gasteiger partial charge in [-0.05, 0) is 42.3 Å². The molecular formula is C29H28FN3O4. The Morgan fingerprint density at radius 1 is 1.00 bits per heavy atom. The first-order valence-corrected chi connectivity index (χ1v) is 11.5. The van der Waals surface area contributed by atoms with E-state index in [1.54, 1.807) is 56.4 Å². The van der Waals surface area contributed by atoms with Crippen molar-refractivity contribution in [1.29, 1.82) is 0 Å². The maximum absolute atomic E-state index is 15.0. The van der Waals surface area contributed by atoms with Crippen LogP contribution >= 0.6 is 0 Å². The van der Waals surface area contributed by atoms with E-state index in [0.29, 0.717) is 16.7 Å². The Labute approximate surface area is 215 Å². The van der Waals surface area contributed by atoms with Crippen LogP contribution < -0.4 is 10.6 Å². The third kappa shape index (κ3) is 6.49. The number of anilines is 1. The molecular weight excluding hydrogens is 473 g/mol. The number of nitrogens with zero attached hydrogens (tertiary/aromatic N) is 1. The monoisotopic (exact) mass is 501 g/mol. The minimum atomic E-state index is -0.681. The van der Waals surface area contributed by atoms with E-state index in [-0.39, 0.29) is 17.0 Å². The summed E-state index contributed by atoms with van der Waals surface area (Å²) in [5, 5.41) is 5.53. The van der Waals surface area contributed by atoms with Crippen molar-refractivity contribution in [3.63, 3.8) is 0 Å². The number of hydrogen-bond acceptors (Lipinski definition) is 5. The van der Waals surface area contributed by atoms with Crippen LogP contribution in [0.1, 0.15) is 22.8 Å². The van der Waals surface area contributed by atoms with E-state index in [1.807, 2.05) is 12.1 Å². The van der Waals surface area contributed by atoms with Crippen LogP contribution in [0.2, 0.25) is 0 Å². The van der Waals surface area contributed by atoms with Crippen molar-refractivity contribution in [2.45, 2.75) is 6.92 Å². The number of allylic oxidation sites excluding steroid dienone is 1. The molecule has 0 atom stereocenters. The SMILES string of the molecule is C=C(c1ccccc1)N(CC(=O)OC)C(=O)/C(=C\C)NC(=O)c1ccc(-c2cccc(NC)c2)c(F)c1. The van der Waals surface area contributed by atoms with Crippen LogP contribution in [-0.4, -0.2) is 43.4 Å². The first-order valence-electron chi connectivity index (χ1n) is 11.5. The molecule has 0 spiro atoms. The minimum Gasteiger partial charge on any atom is -0.468 e.